The first kappa shape index (κ1) is 19.8. The molecule has 4 heteroatoms. The normalized spacial score (nSPS) is 18.8. The predicted molar refractivity (Wildman–Crippen MR) is 125 cm³/mol. The van der Waals surface area contributed by atoms with Crippen molar-refractivity contribution in [3.63, 3.8) is 0 Å². The van der Waals surface area contributed by atoms with Gasteiger partial charge in [0.05, 0.1) is 12.5 Å². The van der Waals surface area contributed by atoms with Crippen molar-refractivity contribution in [2.75, 3.05) is 31.1 Å². The number of carbonyl (C=O) groups is 1. The van der Waals surface area contributed by atoms with E-state index < -0.39 is 0 Å². The molecule has 2 aliphatic heterocycles. The molecule has 1 saturated heterocycles. The maximum atomic E-state index is 13.3. The molecule has 0 bridgehead atoms. The fraction of sp³-hybridized carbons (Fsp3) is 0.296. The zero-order chi connectivity index (χ0) is 21.0. The zero-order valence-electron chi connectivity index (χ0n) is 17.9. The second-order valence-corrected chi connectivity index (χ2v) is 8.63. The molecule has 158 valence electrons. The molecule has 2 aliphatic rings. The van der Waals surface area contributed by atoms with Gasteiger partial charge in [0.1, 0.15) is 0 Å². The molecule has 1 amide bonds. The van der Waals surface area contributed by atoms with Gasteiger partial charge in [-0.15, -0.1) is 0 Å². The van der Waals surface area contributed by atoms with E-state index in [9.17, 15) is 4.79 Å². The molecule has 0 N–H and O–H groups in total. The molecule has 4 nitrogen and oxygen atoms in total. The number of rotatable bonds is 4. The van der Waals surface area contributed by atoms with Crippen LogP contribution in [0.3, 0.4) is 0 Å². The average Bonchev–Trinajstić information content (AvgIpc) is 2.97. The minimum absolute atomic E-state index is 0.211. The molecular formula is C27H29N3O. The fourth-order valence-electron chi connectivity index (χ4n) is 4.90. The number of hydrogen-bond donors (Lipinski definition) is 0. The molecule has 1 atom stereocenters. The molecule has 3 aromatic rings. The van der Waals surface area contributed by atoms with Crippen LogP contribution < -0.4 is 4.90 Å². The van der Waals surface area contributed by atoms with Gasteiger partial charge >= 0.3 is 0 Å². The van der Waals surface area contributed by atoms with E-state index in [-0.39, 0.29) is 5.91 Å². The monoisotopic (exact) mass is 411 g/mol. The van der Waals surface area contributed by atoms with E-state index >= 15 is 0 Å². The van der Waals surface area contributed by atoms with Gasteiger partial charge in [0.25, 0.3) is 0 Å². The number of amides is 1. The molecule has 0 aliphatic carbocycles. The molecule has 1 fully saturated rings. The van der Waals surface area contributed by atoms with Gasteiger partial charge in [-0.2, -0.15) is 0 Å². The van der Waals surface area contributed by atoms with E-state index in [1.54, 1.807) is 0 Å². The zero-order valence-corrected chi connectivity index (χ0v) is 17.9. The van der Waals surface area contributed by atoms with Gasteiger partial charge in [-0.05, 0) is 22.8 Å². The Labute approximate surface area is 184 Å². The summed E-state index contributed by atoms with van der Waals surface area (Å²) in [5, 5.41) is 0. The van der Waals surface area contributed by atoms with Crippen LogP contribution in [-0.4, -0.2) is 47.9 Å². The van der Waals surface area contributed by atoms with Crippen molar-refractivity contribution in [1.29, 1.82) is 0 Å². The third-order valence-corrected chi connectivity index (χ3v) is 6.46. The predicted octanol–water partition coefficient (Wildman–Crippen LogP) is 3.96. The van der Waals surface area contributed by atoms with E-state index in [1.807, 2.05) is 30.3 Å². The first-order valence-corrected chi connectivity index (χ1v) is 11.2. The van der Waals surface area contributed by atoms with Gasteiger partial charge in [-0.25, -0.2) is 0 Å². The van der Waals surface area contributed by atoms with Crippen LogP contribution in [0.1, 0.15) is 16.7 Å². The summed E-state index contributed by atoms with van der Waals surface area (Å²) in [5.41, 5.74) is 4.98. The SMILES string of the molecule is O=C(Cc1ccccc1)N1Cc2ccccc2N2CCN(Cc3ccccc3)CC2C1. The molecule has 3 aromatic carbocycles. The van der Waals surface area contributed by atoms with Gasteiger partial charge in [-0.1, -0.05) is 78.9 Å². The molecule has 31 heavy (non-hydrogen) atoms. The number of nitrogens with zero attached hydrogens (tertiary/aromatic N) is 3. The summed E-state index contributed by atoms with van der Waals surface area (Å²) in [6, 6.07) is 29.7. The van der Waals surface area contributed by atoms with Crippen LogP contribution in [0.5, 0.6) is 0 Å². The van der Waals surface area contributed by atoms with Crippen molar-refractivity contribution in [2.24, 2.45) is 0 Å². The van der Waals surface area contributed by atoms with Gasteiger partial charge in [0, 0.05) is 45.0 Å². The smallest absolute Gasteiger partial charge is 0.227 e. The fourth-order valence-corrected chi connectivity index (χ4v) is 4.90. The highest BCUT2D eigenvalue weighted by molar-refractivity contribution is 5.79. The summed E-state index contributed by atoms with van der Waals surface area (Å²) in [5.74, 6) is 0.211. The standard InChI is InChI=1S/C27H29N3O/c31-27(17-22-9-3-1-4-10-22)29-19-24-13-7-8-14-26(24)30-16-15-28(20-25(30)21-29)18-23-11-5-2-6-12-23/h1-14,25H,15-21H2. The molecule has 2 heterocycles. The second kappa shape index (κ2) is 8.94. The van der Waals surface area contributed by atoms with Crippen molar-refractivity contribution in [3.8, 4) is 0 Å². The number of benzene rings is 3. The quantitative estimate of drug-likeness (QED) is 0.650. The number of carbonyl (C=O) groups excluding carboxylic acids is 1. The van der Waals surface area contributed by atoms with Crippen molar-refractivity contribution in [3.05, 3.63) is 102 Å². The summed E-state index contributed by atoms with van der Waals surface area (Å²) in [4.78, 5) is 20.4. The van der Waals surface area contributed by atoms with Gasteiger partial charge in [0.2, 0.25) is 5.91 Å². The largest absolute Gasteiger partial charge is 0.364 e. The Hall–Kier alpha value is -3.11. The first-order valence-electron chi connectivity index (χ1n) is 11.2. The average molecular weight is 412 g/mol. The minimum Gasteiger partial charge on any atom is -0.364 e. The second-order valence-electron chi connectivity index (χ2n) is 8.63. The molecule has 1 unspecified atom stereocenters. The van der Waals surface area contributed by atoms with Crippen molar-refractivity contribution in [2.45, 2.75) is 25.6 Å². The summed E-state index contributed by atoms with van der Waals surface area (Å²) in [6.07, 6.45) is 0.462. The topological polar surface area (TPSA) is 26.8 Å². The number of para-hydroxylation sites is 1. The third kappa shape index (κ3) is 4.49. The summed E-state index contributed by atoms with van der Waals surface area (Å²) in [7, 11) is 0. The molecule has 0 aromatic heterocycles. The highest BCUT2D eigenvalue weighted by Gasteiger charge is 2.34. The van der Waals surface area contributed by atoms with Crippen LogP contribution in [0.4, 0.5) is 5.69 Å². The Morgan fingerprint density at radius 1 is 0.774 bits per heavy atom. The molecule has 5 rings (SSSR count). The Bertz CT molecular complexity index is 1020. The van der Waals surface area contributed by atoms with Gasteiger partial charge in [0.15, 0.2) is 0 Å². The van der Waals surface area contributed by atoms with Crippen LogP contribution >= 0.6 is 0 Å². The van der Waals surface area contributed by atoms with Gasteiger partial charge < -0.3 is 9.80 Å². The summed E-state index contributed by atoms with van der Waals surface area (Å²) < 4.78 is 0. The third-order valence-electron chi connectivity index (χ3n) is 6.46. The lowest BCUT2D eigenvalue weighted by Crippen LogP contribution is -2.56. The Kier molecular flexibility index (Phi) is 5.72. The molecule has 0 saturated carbocycles. The van der Waals surface area contributed by atoms with Crippen molar-refractivity contribution >= 4 is 11.6 Å². The van der Waals surface area contributed by atoms with E-state index in [2.05, 4.69) is 69.3 Å². The highest BCUT2D eigenvalue weighted by atomic mass is 16.2. The first-order chi connectivity index (χ1) is 15.3. The van der Waals surface area contributed by atoms with Crippen molar-refractivity contribution < 1.29 is 4.79 Å². The van der Waals surface area contributed by atoms with E-state index in [0.717, 1.165) is 38.3 Å². The van der Waals surface area contributed by atoms with E-state index in [0.29, 0.717) is 19.0 Å². The molecule has 0 radical (unpaired) electrons. The minimum atomic E-state index is 0.211. The van der Waals surface area contributed by atoms with Crippen LogP contribution in [0.25, 0.3) is 0 Å². The van der Waals surface area contributed by atoms with Crippen LogP contribution in [-0.2, 0) is 24.3 Å². The van der Waals surface area contributed by atoms with E-state index in [4.69, 9.17) is 0 Å². The lowest BCUT2D eigenvalue weighted by atomic mass is 10.1. The summed E-state index contributed by atoms with van der Waals surface area (Å²) >= 11 is 0. The van der Waals surface area contributed by atoms with Crippen LogP contribution in [0.15, 0.2) is 84.9 Å². The van der Waals surface area contributed by atoms with Crippen molar-refractivity contribution in [1.82, 2.24) is 9.80 Å². The molecular weight excluding hydrogens is 382 g/mol. The Balaban J connectivity index is 1.37. The lowest BCUT2D eigenvalue weighted by Gasteiger charge is -2.43. The number of piperazine rings is 1. The maximum absolute atomic E-state index is 13.3. The van der Waals surface area contributed by atoms with Crippen LogP contribution in [0, 0.1) is 0 Å². The number of fused-ring (bicyclic) bond motifs is 3. The lowest BCUT2D eigenvalue weighted by molar-refractivity contribution is -0.131. The summed E-state index contributed by atoms with van der Waals surface area (Å²) in [6.45, 7) is 5.43. The highest BCUT2D eigenvalue weighted by Crippen LogP contribution is 2.30. The number of anilines is 1. The molecule has 0 spiro atoms. The Morgan fingerprint density at radius 2 is 1.45 bits per heavy atom. The van der Waals surface area contributed by atoms with Crippen LogP contribution in [0.2, 0.25) is 0 Å². The maximum Gasteiger partial charge on any atom is 0.227 e. The van der Waals surface area contributed by atoms with Gasteiger partial charge in [-0.3, -0.25) is 9.69 Å². The Morgan fingerprint density at radius 3 is 2.23 bits per heavy atom. The van der Waals surface area contributed by atoms with E-state index in [1.165, 1.54) is 16.8 Å². The number of hydrogen-bond acceptors (Lipinski definition) is 3.